The maximum Gasteiger partial charge on any atom is 0.262 e. The van der Waals surface area contributed by atoms with Crippen LogP contribution in [0.25, 0.3) is 10.2 Å². The zero-order valence-corrected chi connectivity index (χ0v) is 18.2. The lowest BCUT2D eigenvalue weighted by atomic mass is 9.97. The molecule has 1 N–H and O–H groups in total. The Morgan fingerprint density at radius 1 is 1.24 bits per heavy atom. The Morgan fingerprint density at radius 3 is 2.86 bits per heavy atom. The van der Waals surface area contributed by atoms with E-state index >= 15 is 0 Å². The highest BCUT2D eigenvalue weighted by atomic mass is 32.2. The van der Waals surface area contributed by atoms with Gasteiger partial charge in [0.1, 0.15) is 4.83 Å². The van der Waals surface area contributed by atoms with Crippen LogP contribution in [0, 0.1) is 0 Å². The summed E-state index contributed by atoms with van der Waals surface area (Å²) in [4.78, 5) is 31.9. The van der Waals surface area contributed by atoms with E-state index in [4.69, 9.17) is 4.98 Å². The van der Waals surface area contributed by atoms with Crippen molar-refractivity contribution < 1.29 is 4.79 Å². The summed E-state index contributed by atoms with van der Waals surface area (Å²) in [6, 6.07) is 10.3. The number of thiophene rings is 1. The molecule has 29 heavy (non-hydrogen) atoms. The lowest BCUT2D eigenvalue weighted by Crippen LogP contribution is -2.27. The highest BCUT2D eigenvalue weighted by Gasteiger charge is 2.21. The van der Waals surface area contributed by atoms with Crippen LogP contribution in [0.2, 0.25) is 0 Å². The molecule has 152 valence electrons. The largest absolute Gasteiger partial charge is 0.355 e. The molecule has 1 aliphatic carbocycles. The van der Waals surface area contributed by atoms with Crippen molar-refractivity contribution in [3.8, 4) is 0 Å². The van der Waals surface area contributed by atoms with Crippen molar-refractivity contribution in [2.24, 2.45) is 7.05 Å². The number of thioether (sulfide) groups is 1. The first-order valence-corrected chi connectivity index (χ1v) is 11.9. The highest BCUT2D eigenvalue weighted by Crippen LogP contribution is 2.34. The van der Waals surface area contributed by atoms with Gasteiger partial charge in [-0.05, 0) is 49.7 Å². The number of hydrogen-bond acceptors (Lipinski definition) is 5. The van der Waals surface area contributed by atoms with E-state index in [0.29, 0.717) is 11.7 Å². The monoisotopic (exact) mass is 427 g/mol. The predicted octanol–water partition coefficient (Wildman–Crippen LogP) is 3.71. The van der Waals surface area contributed by atoms with Gasteiger partial charge in [-0.2, -0.15) is 0 Å². The van der Waals surface area contributed by atoms with Crippen LogP contribution in [-0.4, -0.2) is 27.8 Å². The number of benzene rings is 1. The lowest BCUT2D eigenvalue weighted by Gasteiger charge is -2.11. The lowest BCUT2D eigenvalue weighted by molar-refractivity contribution is -0.118. The smallest absolute Gasteiger partial charge is 0.262 e. The molecule has 0 atom stereocenters. The molecule has 2 aromatic heterocycles. The van der Waals surface area contributed by atoms with E-state index < -0.39 is 0 Å². The summed E-state index contributed by atoms with van der Waals surface area (Å²) >= 11 is 2.98. The predicted molar refractivity (Wildman–Crippen MR) is 120 cm³/mol. The van der Waals surface area contributed by atoms with Crippen LogP contribution in [0.15, 0.2) is 40.3 Å². The third-order valence-corrected chi connectivity index (χ3v) is 7.51. The van der Waals surface area contributed by atoms with Gasteiger partial charge in [-0.3, -0.25) is 14.2 Å². The maximum absolute atomic E-state index is 12.9. The number of aromatic nitrogens is 2. The minimum atomic E-state index is -0.0251. The van der Waals surface area contributed by atoms with Gasteiger partial charge >= 0.3 is 0 Å². The van der Waals surface area contributed by atoms with Gasteiger partial charge in [0.15, 0.2) is 5.16 Å². The van der Waals surface area contributed by atoms with Crippen LogP contribution in [-0.2, 0) is 31.1 Å². The van der Waals surface area contributed by atoms with Crippen molar-refractivity contribution in [2.75, 3.05) is 12.3 Å². The second-order valence-electron chi connectivity index (χ2n) is 7.38. The number of hydrogen-bond donors (Lipinski definition) is 1. The number of amides is 1. The zero-order chi connectivity index (χ0) is 20.2. The van der Waals surface area contributed by atoms with Crippen LogP contribution < -0.4 is 10.9 Å². The Morgan fingerprint density at radius 2 is 2.03 bits per heavy atom. The molecule has 1 amide bonds. The topological polar surface area (TPSA) is 64.0 Å². The molecule has 0 unspecified atom stereocenters. The molecule has 0 radical (unpaired) electrons. The van der Waals surface area contributed by atoms with Gasteiger partial charge in [0.2, 0.25) is 5.91 Å². The first kappa shape index (κ1) is 20.2. The van der Waals surface area contributed by atoms with Gasteiger partial charge in [-0.25, -0.2) is 4.98 Å². The second kappa shape index (κ2) is 9.13. The Balaban J connectivity index is 1.35. The molecule has 0 spiro atoms. The molecule has 0 aliphatic heterocycles. The number of nitrogens with one attached hydrogen (secondary N) is 1. The molecule has 4 rings (SSSR count). The average Bonchev–Trinajstić information content (AvgIpc) is 3.12. The fraction of sp³-hybridized carbons (Fsp3) is 0.409. The van der Waals surface area contributed by atoms with E-state index in [1.807, 2.05) is 18.2 Å². The van der Waals surface area contributed by atoms with Crippen LogP contribution in [0.4, 0.5) is 0 Å². The number of fused-ring (bicyclic) bond motifs is 3. The van der Waals surface area contributed by atoms with Gasteiger partial charge in [0.25, 0.3) is 5.56 Å². The molecule has 2 heterocycles. The zero-order valence-electron chi connectivity index (χ0n) is 16.6. The molecule has 3 aromatic rings. The van der Waals surface area contributed by atoms with Crippen molar-refractivity contribution in [3.63, 3.8) is 0 Å². The van der Waals surface area contributed by atoms with E-state index in [1.165, 1.54) is 34.2 Å². The van der Waals surface area contributed by atoms with Crippen LogP contribution in [0.5, 0.6) is 0 Å². The number of aryl methyl sites for hydroxylation is 3. The summed E-state index contributed by atoms with van der Waals surface area (Å²) in [7, 11) is 1.75. The van der Waals surface area contributed by atoms with Gasteiger partial charge in [-0.1, -0.05) is 42.1 Å². The summed E-state index contributed by atoms with van der Waals surface area (Å²) in [5, 5.41) is 4.37. The molecule has 0 bridgehead atoms. The average molecular weight is 428 g/mol. The highest BCUT2D eigenvalue weighted by molar-refractivity contribution is 7.99. The minimum absolute atomic E-state index is 0.0140. The number of nitrogens with zero attached hydrogens (tertiary/aromatic N) is 2. The molecule has 0 saturated carbocycles. The molecule has 1 aliphatic rings. The quantitative estimate of drug-likeness (QED) is 0.355. The maximum atomic E-state index is 12.9. The van der Waals surface area contributed by atoms with Gasteiger partial charge in [-0.15, -0.1) is 11.3 Å². The minimum Gasteiger partial charge on any atom is -0.355 e. The third kappa shape index (κ3) is 4.56. The van der Waals surface area contributed by atoms with E-state index in [9.17, 15) is 9.59 Å². The molecule has 0 fully saturated rings. The van der Waals surface area contributed by atoms with Crippen LogP contribution in [0.3, 0.4) is 0 Å². The van der Waals surface area contributed by atoms with Crippen molar-refractivity contribution >= 4 is 39.2 Å². The van der Waals surface area contributed by atoms with Gasteiger partial charge in [0, 0.05) is 18.5 Å². The molecule has 7 heteroatoms. The van der Waals surface area contributed by atoms with Gasteiger partial charge < -0.3 is 5.32 Å². The van der Waals surface area contributed by atoms with E-state index in [-0.39, 0.29) is 17.2 Å². The summed E-state index contributed by atoms with van der Waals surface area (Å²) in [5.74, 6) is 0.241. The Kier molecular flexibility index (Phi) is 6.35. The fourth-order valence-corrected chi connectivity index (χ4v) is 5.85. The van der Waals surface area contributed by atoms with Crippen molar-refractivity contribution in [3.05, 3.63) is 56.7 Å². The van der Waals surface area contributed by atoms with E-state index in [1.54, 1.807) is 23.0 Å². The summed E-state index contributed by atoms with van der Waals surface area (Å²) < 4.78 is 1.59. The van der Waals surface area contributed by atoms with E-state index in [0.717, 1.165) is 42.3 Å². The van der Waals surface area contributed by atoms with E-state index in [2.05, 4.69) is 17.4 Å². The Hall–Kier alpha value is -2.12. The molecule has 1 aromatic carbocycles. The fourth-order valence-electron chi connectivity index (χ4n) is 3.74. The summed E-state index contributed by atoms with van der Waals surface area (Å²) in [6.07, 6.45) is 6.21. The number of rotatable bonds is 7. The normalized spacial score (nSPS) is 13.4. The second-order valence-corrected chi connectivity index (χ2v) is 9.40. The molecular formula is C22H25N3O2S2. The SMILES string of the molecule is Cn1c(SCC(=O)NCCCc2ccccc2)nc2sc3c(c2c1=O)CCCC3. The van der Waals surface area contributed by atoms with Crippen molar-refractivity contribution in [2.45, 2.75) is 43.7 Å². The Labute approximate surface area is 178 Å². The Bertz CT molecular complexity index is 1070. The molecule has 0 saturated heterocycles. The number of carbonyl (C=O) groups excluding carboxylic acids is 1. The summed E-state index contributed by atoms with van der Waals surface area (Å²) in [5.41, 5.74) is 2.50. The summed E-state index contributed by atoms with van der Waals surface area (Å²) in [6.45, 7) is 0.650. The van der Waals surface area contributed by atoms with Crippen LogP contribution in [0.1, 0.15) is 35.3 Å². The standard InChI is InChI=1S/C22H25N3O2S2/c1-25-21(27)19-16-11-5-6-12-17(16)29-20(19)24-22(25)28-14-18(26)23-13-7-10-15-8-3-2-4-9-15/h2-4,8-9H,5-7,10-14H2,1H3,(H,23,26). The first-order chi connectivity index (χ1) is 14.1. The number of carbonyl (C=O) groups is 1. The van der Waals surface area contributed by atoms with Crippen LogP contribution >= 0.6 is 23.1 Å². The van der Waals surface area contributed by atoms with Crippen molar-refractivity contribution in [1.29, 1.82) is 0 Å². The molecular weight excluding hydrogens is 402 g/mol. The third-order valence-electron chi connectivity index (χ3n) is 5.29. The van der Waals surface area contributed by atoms with Gasteiger partial charge in [0.05, 0.1) is 11.1 Å². The molecule has 5 nitrogen and oxygen atoms in total. The first-order valence-electron chi connectivity index (χ1n) is 10.1. The van der Waals surface area contributed by atoms with Crippen molar-refractivity contribution in [1.82, 2.24) is 14.9 Å².